The maximum absolute atomic E-state index is 13.4. The van der Waals surface area contributed by atoms with Gasteiger partial charge >= 0.3 is 12.2 Å². The zero-order valence-corrected chi connectivity index (χ0v) is 23.3. The summed E-state index contributed by atoms with van der Waals surface area (Å²) >= 11 is 11.9. The number of benzene rings is 2. The number of hydrogen-bond donors (Lipinski definition) is 0. The van der Waals surface area contributed by atoms with Crippen molar-refractivity contribution in [1.29, 1.82) is 0 Å². The van der Waals surface area contributed by atoms with Gasteiger partial charge in [-0.1, -0.05) is 41.4 Å². The van der Waals surface area contributed by atoms with E-state index in [0.29, 0.717) is 36.8 Å². The van der Waals surface area contributed by atoms with Gasteiger partial charge in [0.25, 0.3) is 0 Å². The number of rotatable bonds is 5. The van der Waals surface area contributed by atoms with Crippen molar-refractivity contribution in [2.75, 3.05) is 52.6 Å². The van der Waals surface area contributed by atoms with Crippen LogP contribution in [0.5, 0.6) is 0 Å². The van der Waals surface area contributed by atoms with Gasteiger partial charge in [-0.3, -0.25) is 4.90 Å². The number of urea groups is 1. The van der Waals surface area contributed by atoms with Crippen LogP contribution < -0.4 is 0 Å². The van der Waals surface area contributed by atoms with Crippen molar-refractivity contribution in [3.05, 3.63) is 69.2 Å². The molecule has 0 spiro atoms. The highest BCUT2D eigenvalue weighted by atomic mass is 35.5. The highest BCUT2D eigenvalue weighted by molar-refractivity contribution is 7.88. The summed E-state index contributed by atoms with van der Waals surface area (Å²) in [5.41, 5.74) is 0.548. The second-order valence-corrected chi connectivity index (χ2v) is 12.6. The van der Waals surface area contributed by atoms with E-state index >= 15 is 0 Å². The minimum absolute atomic E-state index is 0.104. The molecular weight excluding hydrogens is 564 g/mol. The van der Waals surface area contributed by atoms with Crippen LogP contribution in [0.1, 0.15) is 22.6 Å². The summed E-state index contributed by atoms with van der Waals surface area (Å²) in [6.07, 6.45) is -3.41. The molecule has 2 heterocycles. The van der Waals surface area contributed by atoms with Gasteiger partial charge in [-0.15, -0.1) is 0 Å². The number of piperazine rings is 1. The maximum Gasteiger partial charge on any atom is 0.417 e. The molecule has 2 atom stereocenters. The summed E-state index contributed by atoms with van der Waals surface area (Å²) in [4.78, 5) is 18.8. The van der Waals surface area contributed by atoms with Crippen LogP contribution in [0, 0.1) is 0 Å². The lowest BCUT2D eigenvalue weighted by molar-refractivity contribution is -0.137. The van der Waals surface area contributed by atoms with Crippen molar-refractivity contribution < 1.29 is 26.4 Å². The fraction of sp³-hybridized carbons (Fsp3) is 0.480. The molecule has 2 saturated heterocycles. The van der Waals surface area contributed by atoms with Crippen molar-refractivity contribution in [1.82, 2.24) is 19.0 Å². The number of likely N-dealkylation sites (N-methyl/N-ethyl adjacent to an activating group) is 1. The number of alkyl halides is 3. The third kappa shape index (κ3) is 6.56. The molecule has 0 radical (unpaired) electrons. The van der Waals surface area contributed by atoms with Gasteiger partial charge in [0.1, 0.15) is 0 Å². The number of nitrogens with zero attached hydrogens (tertiary/aromatic N) is 4. The third-order valence-corrected chi connectivity index (χ3v) is 9.05. The fourth-order valence-electron chi connectivity index (χ4n) is 5.13. The summed E-state index contributed by atoms with van der Waals surface area (Å²) in [6.45, 7) is 2.06. The largest absolute Gasteiger partial charge is 0.417 e. The van der Waals surface area contributed by atoms with E-state index in [4.69, 9.17) is 23.2 Å². The molecule has 2 amide bonds. The minimum atomic E-state index is -4.56. The Morgan fingerprint density at radius 1 is 1.00 bits per heavy atom. The Hall–Kier alpha value is -2.05. The molecule has 0 aromatic heterocycles. The summed E-state index contributed by atoms with van der Waals surface area (Å²) in [5.74, 6) is -0.104. The van der Waals surface area contributed by atoms with Crippen molar-refractivity contribution in [2.45, 2.75) is 24.7 Å². The fourth-order valence-corrected chi connectivity index (χ4v) is 6.31. The normalized spacial score (nSPS) is 21.4. The predicted molar refractivity (Wildman–Crippen MR) is 141 cm³/mol. The number of sulfonamides is 1. The van der Waals surface area contributed by atoms with Crippen LogP contribution in [0.3, 0.4) is 0 Å². The number of hydrogen-bond acceptors (Lipinski definition) is 4. The number of likely N-dealkylation sites (tertiary alicyclic amines) is 1. The summed E-state index contributed by atoms with van der Waals surface area (Å²) in [5, 5.41) is 0.228. The first kappa shape index (κ1) is 28.9. The van der Waals surface area contributed by atoms with Crippen LogP contribution in [0.4, 0.5) is 18.0 Å². The van der Waals surface area contributed by atoms with E-state index in [0.717, 1.165) is 17.9 Å². The highest BCUT2D eigenvalue weighted by Gasteiger charge is 2.41. The Balaban J connectivity index is 1.53. The van der Waals surface area contributed by atoms with Crippen LogP contribution in [0.2, 0.25) is 10.0 Å². The zero-order valence-electron chi connectivity index (χ0n) is 21.0. The molecule has 0 aliphatic carbocycles. The molecule has 2 fully saturated rings. The first-order valence-corrected chi connectivity index (χ1v) is 14.6. The van der Waals surface area contributed by atoms with Gasteiger partial charge in [0, 0.05) is 62.8 Å². The second-order valence-electron chi connectivity index (χ2n) is 9.79. The van der Waals surface area contributed by atoms with Gasteiger partial charge in [-0.25, -0.2) is 13.2 Å². The van der Waals surface area contributed by atoms with Crippen LogP contribution in [0.15, 0.2) is 42.5 Å². The van der Waals surface area contributed by atoms with Gasteiger partial charge in [0.05, 0.1) is 16.8 Å². The molecule has 0 saturated carbocycles. The average molecular weight is 593 g/mol. The Morgan fingerprint density at radius 2 is 1.63 bits per heavy atom. The minimum Gasteiger partial charge on any atom is -0.322 e. The molecule has 0 N–H and O–H groups in total. The van der Waals surface area contributed by atoms with Gasteiger partial charge < -0.3 is 9.80 Å². The Labute approximate surface area is 230 Å². The maximum atomic E-state index is 13.4. The Kier molecular flexibility index (Phi) is 8.54. The Morgan fingerprint density at radius 3 is 2.21 bits per heavy atom. The molecule has 4 rings (SSSR count). The molecule has 38 heavy (non-hydrogen) atoms. The summed E-state index contributed by atoms with van der Waals surface area (Å²) in [6, 6.07) is 10.9. The number of halogens is 5. The SMILES string of the molecule is CN(Cc1ccc(Cl)c(C(F)(F)F)c1)C1CN(C(=O)N2CCN(S(C)(=O)=O)CC2)CC1c1ccc(Cl)cc1. The molecule has 2 aliphatic rings. The topological polar surface area (TPSA) is 64.2 Å². The predicted octanol–water partition coefficient (Wildman–Crippen LogP) is 4.61. The van der Waals surface area contributed by atoms with Gasteiger partial charge in [-0.05, 0) is 42.4 Å². The van der Waals surface area contributed by atoms with E-state index < -0.39 is 21.8 Å². The van der Waals surface area contributed by atoms with E-state index in [2.05, 4.69) is 0 Å². The molecule has 2 aromatic carbocycles. The van der Waals surface area contributed by atoms with Crippen LogP contribution in [-0.4, -0.2) is 92.1 Å². The lowest BCUT2D eigenvalue weighted by atomic mass is 9.93. The molecule has 2 aliphatic heterocycles. The van der Waals surface area contributed by atoms with E-state index in [1.54, 1.807) is 28.0 Å². The number of carbonyl (C=O) groups is 1. The lowest BCUT2D eigenvalue weighted by Gasteiger charge is -2.35. The molecular formula is C25H29Cl2F3N4O3S. The van der Waals surface area contributed by atoms with Crippen molar-refractivity contribution in [2.24, 2.45) is 0 Å². The standard InChI is InChI=1S/C25H29Cl2F3N4O3S/c1-31(14-17-3-8-22(27)21(13-17)25(28,29)30)23-16-33(15-20(23)18-4-6-19(26)7-5-18)24(35)32-9-11-34(12-10-32)38(2,36)37/h3-8,13,20,23H,9-12,14-16H2,1-2H3. The van der Waals surface area contributed by atoms with Crippen LogP contribution in [-0.2, 0) is 22.7 Å². The van der Waals surface area contributed by atoms with Gasteiger partial charge in [0.15, 0.2) is 0 Å². The third-order valence-electron chi connectivity index (χ3n) is 7.17. The molecule has 2 aromatic rings. The van der Waals surface area contributed by atoms with Crippen molar-refractivity contribution >= 4 is 39.3 Å². The Bertz CT molecular complexity index is 1270. The van der Waals surface area contributed by atoms with E-state index in [1.165, 1.54) is 10.4 Å². The van der Waals surface area contributed by atoms with Gasteiger partial charge in [0.2, 0.25) is 10.0 Å². The van der Waals surface area contributed by atoms with Crippen LogP contribution in [0.25, 0.3) is 0 Å². The zero-order chi connectivity index (χ0) is 27.8. The van der Waals surface area contributed by atoms with Crippen LogP contribution >= 0.6 is 23.2 Å². The van der Waals surface area contributed by atoms with E-state index in [1.807, 2.05) is 24.1 Å². The van der Waals surface area contributed by atoms with Crippen molar-refractivity contribution in [3.8, 4) is 0 Å². The lowest BCUT2D eigenvalue weighted by Crippen LogP contribution is -2.53. The first-order valence-electron chi connectivity index (χ1n) is 12.0. The van der Waals surface area contributed by atoms with E-state index in [9.17, 15) is 26.4 Å². The van der Waals surface area contributed by atoms with Crippen molar-refractivity contribution in [3.63, 3.8) is 0 Å². The highest BCUT2D eigenvalue weighted by Crippen LogP contribution is 2.36. The molecule has 2 unspecified atom stereocenters. The first-order chi connectivity index (χ1) is 17.7. The molecule has 0 bridgehead atoms. The second kappa shape index (κ2) is 11.2. The average Bonchev–Trinajstić information content (AvgIpc) is 3.30. The molecule has 13 heteroatoms. The quantitative estimate of drug-likeness (QED) is 0.509. The number of carbonyl (C=O) groups excluding carboxylic acids is 1. The molecule has 208 valence electrons. The van der Waals surface area contributed by atoms with Gasteiger partial charge in [-0.2, -0.15) is 17.5 Å². The number of amides is 2. The monoisotopic (exact) mass is 592 g/mol. The summed E-state index contributed by atoms with van der Waals surface area (Å²) in [7, 11) is -1.49. The molecule has 7 nitrogen and oxygen atoms in total. The smallest absolute Gasteiger partial charge is 0.322 e. The van der Waals surface area contributed by atoms with E-state index in [-0.39, 0.29) is 42.6 Å². The summed E-state index contributed by atoms with van der Waals surface area (Å²) < 4.78 is 65.2.